The standard InChI is InChI=1S/C15H23FN2O/c1-11(12-6-5-7-13(16)8-12)14(19)18(4)10-15(2,3)9-17/h5-8,11H,9-10,17H2,1-4H3. The monoisotopic (exact) mass is 266 g/mol. The van der Waals surface area contributed by atoms with Crippen molar-refractivity contribution in [2.45, 2.75) is 26.7 Å². The van der Waals surface area contributed by atoms with E-state index in [1.165, 1.54) is 12.1 Å². The zero-order valence-electron chi connectivity index (χ0n) is 12.1. The average Bonchev–Trinajstić information content (AvgIpc) is 2.36. The number of hydrogen-bond acceptors (Lipinski definition) is 2. The van der Waals surface area contributed by atoms with E-state index in [1.807, 2.05) is 13.8 Å². The molecule has 1 amide bonds. The molecule has 1 rings (SSSR count). The highest BCUT2D eigenvalue weighted by atomic mass is 19.1. The minimum atomic E-state index is -0.353. The van der Waals surface area contributed by atoms with Gasteiger partial charge in [-0.25, -0.2) is 4.39 Å². The maximum atomic E-state index is 13.2. The molecule has 19 heavy (non-hydrogen) atoms. The van der Waals surface area contributed by atoms with E-state index in [2.05, 4.69) is 0 Å². The lowest BCUT2D eigenvalue weighted by atomic mass is 9.92. The fourth-order valence-corrected chi connectivity index (χ4v) is 2.03. The van der Waals surface area contributed by atoms with Gasteiger partial charge in [0.25, 0.3) is 0 Å². The third-order valence-electron chi connectivity index (χ3n) is 3.31. The van der Waals surface area contributed by atoms with Crippen LogP contribution in [0.1, 0.15) is 32.3 Å². The number of halogens is 1. The van der Waals surface area contributed by atoms with E-state index in [9.17, 15) is 9.18 Å². The van der Waals surface area contributed by atoms with E-state index in [-0.39, 0.29) is 23.1 Å². The lowest BCUT2D eigenvalue weighted by Crippen LogP contribution is -2.41. The van der Waals surface area contributed by atoms with Gasteiger partial charge in [0.1, 0.15) is 5.82 Å². The number of carbonyl (C=O) groups is 1. The van der Waals surface area contributed by atoms with Gasteiger partial charge in [-0.15, -0.1) is 0 Å². The molecule has 0 bridgehead atoms. The fraction of sp³-hybridized carbons (Fsp3) is 0.533. The van der Waals surface area contributed by atoms with Gasteiger partial charge >= 0.3 is 0 Å². The summed E-state index contributed by atoms with van der Waals surface area (Å²) in [5.74, 6) is -0.691. The van der Waals surface area contributed by atoms with Crippen molar-refractivity contribution in [3.05, 3.63) is 35.6 Å². The second-order valence-corrected chi connectivity index (χ2v) is 5.84. The smallest absolute Gasteiger partial charge is 0.229 e. The first-order valence-electron chi connectivity index (χ1n) is 6.47. The van der Waals surface area contributed by atoms with Gasteiger partial charge in [0.05, 0.1) is 5.92 Å². The molecule has 0 aromatic heterocycles. The number of nitrogens with zero attached hydrogens (tertiary/aromatic N) is 1. The Morgan fingerprint density at radius 2 is 2.11 bits per heavy atom. The topological polar surface area (TPSA) is 46.3 Å². The van der Waals surface area contributed by atoms with Crippen molar-refractivity contribution >= 4 is 5.91 Å². The third-order valence-corrected chi connectivity index (χ3v) is 3.31. The molecular weight excluding hydrogens is 243 g/mol. The summed E-state index contributed by atoms with van der Waals surface area (Å²) >= 11 is 0. The number of hydrogen-bond donors (Lipinski definition) is 1. The number of benzene rings is 1. The fourth-order valence-electron chi connectivity index (χ4n) is 2.03. The van der Waals surface area contributed by atoms with Crippen LogP contribution in [0.5, 0.6) is 0 Å². The highest BCUT2D eigenvalue weighted by Crippen LogP contribution is 2.21. The maximum Gasteiger partial charge on any atom is 0.229 e. The zero-order chi connectivity index (χ0) is 14.6. The van der Waals surface area contributed by atoms with Crippen LogP contribution in [-0.4, -0.2) is 30.9 Å². The SMILES string of the molecule is CC(C(=O)N(C)CC(C)(C)CN)c1cccc(F)c1. The van der Waals surface area contributed by atoms with E-state index in [0.717, 1.165) is 0 Å². The summed E-state index contributed by atoms with van der Waals surface area (Å²) in [5, 5.41) is 0. The predicted molar refractivity (Wildman–Crippen MR) is 75.3 cm³/mol. The number of likely N-dealkylation sites (N-methyl/N-ethyl adjacent to an activating group) is 1. The van der Waals surface area contributed by atoms with Crippen LogP contribution in [-0.2, 0) is 4.79 Å². The van der Waals surface area contributed by atoms with E-state index >= 15 is 0 Å². The van der Waals surface area contributed by atoms with E-state index in [1.54, 1.807) is 31.0 Å². The Bertz CT molecular complexity index is 446. The highest BCUT2D eigenvalue weighted by molar-refractivity contribution is 5.83. The lowest BCUT2D eigenvalue weighted by molar-refractivity contribution is -0.132. The van der Waals surface area contributed by atoms with Crippen LogP contribution in [0.2, 0.25) is 0 Å². The Labute approximate surface area is 114 Å². The predicted octanol–water partition coefficient (Wildman–Crippen LogP) is 2.37. The molecule has 2 N–H and O–H groups in total. The van der Waals surface area contributed by atoms with Gasteiger partial charge in [0.15, 0.2) is 0 Å². The normalized spacial score (nSPS) is 13.2. The van der Waals surface area contributed by atoms with Crippen molar-refractivity contribution in [2.75, 3.05) is 20.1 Å². The van der Waals surface area contributed by atoms with Crippen LogP contribution >= 0.6 is 0 Å². The number of rotatable bonds is 5. The first kappa shape index (κ1) is 15.6. The first-order chi connectivity index (χ1) is 8.76. The van der Waals surface area contributed by atoms with E-state index in [4.69, 9.17) is 5.73 Å². The molecule has 1 aromatic carbocycles. The number of nitrogens with two attached hydrogens (primary N) is 1. The van der Waals surface area contributed by atoms with E-state index in [0.29, 0.717) is 18.7 Å². The highest BCUT2D eigenvalue weighted by Gasteiger charge is 2.25. The molecule has 0 heterocycles. The third kappa shape index (κ3) is 4.31. The van der Waals surface area contributed by atoms with Crippen LogP contribution < -0.4 is 5.73 Å². The summed E-state index contributed by atoms with van der Waals surface area (Å²) < 4.78 is 13.2. The Balaban J connectivity index is 2.77. The molecule has 3 nitrogen and oxygen atoms in total. The molecule has 4 heteroatoms. The van der Waals surface area contributed by atoms with Crippen LogP contribution in [0.4, 0.5) is 4.39 Å². The Morgan fingerprint density at radius 3 is 2.63 bits per heavy atom. The van der Waals surface area contributed by atoms with Crippen molar-refractivity contribution in [3.63, 3.8) is 0 Å². The Kier molecular flexibility index (Phi) is 5.06. The summed E-state index contributed by atoms with van der Waals surface area (Å²) in [5.41, 5.74) is 6.25. The van der Waals surface area contributed by atoms with Gasteiger partial charge in [0.2, 0.25) is 5.91 Å². The average molecular weight is 266 g/mol. The summed E-state index contributed by atoms with van der Waals surface area (Å²) in [7, 11) is 1.76. The first-order valence-corrected chi connectivity index (χ1v) is 6.47. The largest absolute Gasteiger partial charge is 0.345 e. The van der Waals surface area contributed by atoms with Crippen molar-refractivity contribution in [3.8, 4) is 0 Å². The second-order valence-electron chi connectivity index (χ2n) is 5.84. The van der Waals surface area contributed by atoms with Gasteiger partial charge in [0, 0.05) is 13.6 Å². The summed E-state index contributed by atoms with van der Waals surface area (Å²) in [4.78, 5) is 14.0. The summed E-state index contributed by atoms with van der Waals surface area (Å²) in [6.07, 6.45) is 0. The summed E-state index contributed by atoms with van der Waals surface area (Å²) in [6.45, 7) is 6.93. The van der Waals surface area contributed by atoms with Crippen LogP contribution in [0.25, 0.3) is 0 Å². The molecule has 0 aliphatic heterocycles. The molecule has 0 aliphatic rings. The van der Waals surface area contributed by atoms with Crippen molar-refractivity contribution in [1.29, 1.82) is 0 Å². The molecule has 0 radical (unpaired) electrons. The maximum absolute atomic E-state index is 13.2. The molecule has 0 saturated carbocycles. The molecule has 1 aromatic rings. The zero-order valence-corrected chi connectivity index (χ0v) is 12.1. The minimum Gasteiger partial charge on any atom is -0.345 e. The Morgan fingerprint density at radius 1 is 1.47 bits per heavy atom. The molecular formula is C15H23FN2O. The van der Waals surface area contributed by atoms with Crippen molar-refractivity contribution < 1.29 is 9.18 Å². The number of carbonyl (C=O) groups excluding carboxylic acids is 1. The Hall–Kier alpha value is -1.42. The second kappa shape index (κ2) is 6.15. The van der Waals surface area contributed by atoms with Gasteiger partial charge in [-0.05, 0) is 36.6 Å². The molecule has 106 valence electrons. The molecule has 0 spiro atoms. The van der Waals surface area contributed by atoms with Gasteiger partial charge in [-0.1, -0.05) is 26.0 Å². The number of amides is 1. The molecule has 0 fully saturated rings. The minimum absolute atomic E-state index is 0.0212. The van der Waals surface area contributed by atoms with Gasteiger partial charge in [-0.3, -0.25) is 4.79 Å². The molecule has 0 aliphatic carbocycles. The quantitative estimate of drug-likeness (QED) is 0.889. The van der Waals surface area contributed by atoms with Crippen LogP contribution in [0.15, 0.2) is 24.3 Å². The van der Waals surface area contributed by atoms with E-state index < -0.39 is 0 Å². The molecule has 0 saturated heterocycles. The van der Waals surface area contributed by atoms with Crippen molar-refractivity contribution in [2.24, 2.45) is 11.1 Å². The van der Waals surface area contributed by atoms with Crippen LogP contribution in [0.3, 0.4) is 0 Å². The lowest BCUT2D eigenvalue weighted by Gasteiger charge is -2.30. The molecule has 1 atom stereocenters. The molecule has 1 unspecified atom stereocenters. The van der Waals surface area contributed by atoms with Crippen molar-refractivity contribution in [1.82, 2.24) is 4.90 Å². The summed E-state index contributed by atoms with van der Waals surface area (Å²) in [6, 6.07) is 6.18. The van der Waals surface area contributed by atoms with Gasteiger partial charge in [-0.2, -0.15) is 0 Å². The van der Waals surface area contributed by atoms with Crippen LogP contribution in [0, 0.1) is 11.2 Å². The van der Waals surface area contributed by atoms with Gasteiger partial charge < -0.3 is 10.6 Å².